The van der Waals surface area contributed by atoms with Crippen molar-refractivity contribution in [2.24, 2.45) is 5.73 Å². The van der Waals surface area contributed by atoms with E-state index in [9.17, 15) is 13.2 Å². The highest BCUT2D eigenvalue weighted by Gasteiger charge is 2.38. The molecular weight excluding hydrogens is 629 g/mol. The van der Waals surface area contributed by atoms with E-state index < -0.39 is 39.7 Å². The van der Waals surface area contributed by atoms with Crippen LogP contribution in [0.25, 0.3) is 0 Å². The van der Waals surface area contributed by atoms with Crippen molar-refractivity contribution in [1.82, 2.24) is 14.6 Å². The summed E-state index contributed by atoms with van der Waals surface area (Å²) in [4.78, 5) is 18.2. The van der Waals surface area contributed by atoms with Crippen molar-refractivity contribution in [1.29, 1.82) is 0 Å². The van der Waals surface area contributed by atoms with E-state index in [-0.39, 0.29) is 28.6 Å². The Kier molecular flexibility index (Phi) is 10.7. The van der Waals surface area contributed by atoms with Gasteiger partial charge in [0.05, 0.1) is 18.0 Å². The number of amides is 1. The zero-order valence-electron chi connectivity index (χ0n) is 25.6. The van der Waals surface area contributed by atoms with Gasteiger partial charge < -0.3 is 21.1 Å². The Morgan fingerprint density at radius 3 is 2.46 bits per heavy atom. The molecule has 2 heterocycles. The van der Waals surface area contributed by atoms with E-state index in [0.717, 1.165) is 5.56 Å². The number of carbonyl (C=O) groups is 1. The molecule has 1 aliphatic heterocycles. The molecule has 9 nitrogen and oxygen atoms in total. The molecule has 0 saturated carbocycles. The molecule has 0 bridgehead atoms. The van der Waals surface area contributed by atoms with Crippen LogP contribution in [0.2, 0.25) is 5.02 Å². The Hall–Kier alpha value is -3.87. The van der Waals surface area contributed by atoms with Crippen molar-refractivity contribution in [3.05, 3.63) is 119 Å². The lowest BCUT2D eigenvalue weighted by Gasteiger charge is -2.40. The van der Waals surface area contributed by atoms with Crippen molar-refractivity contribution in [2.75, 3.05) is 25.5 Å². The molecule has 1 aromatic heterocycles. The molecule has 3 aromatic carbocycles. The smallest absolute Gasteiger partial charge is 0.243 e. The van der Waals surface area contributed by atoms with Crippen molar-refractivity contribution in [3.63, 3.8) is 0 Å². The van der Waals surface area contributed by atoms with Crippen LogP contribution in [0.4, 0.5) is 10.1 Å². The lowest BCUT2D eigenvalue weighted by molar-refractivity contribution is -0.117. The number of halogens is 2. The number of hydrogen-bond acceptors (Lipinski definition) is 7. The molecule has 1 aliphatic rings. The molecule has 1 fully saturated rings. The Balaban J connectivity index is 1.38. The molecule has 0 unspecified atom stereocenters. The number of rotatable bonds is 11. The highest BCUT2D eigenvalue weighted by molar-refractivity contribution is 7.89. The van der Waals surface area contributed by atoms with Crippen LogP contribution in [0.5, 0.6) is 5.88 Å². The van der Waals surface area contributed by atoms with Gasteiger partial charge in [0.15, 0.2) is 0 Å². The average molecular weight is 666 g/mol. The van der Waals surface area contributed by atoms with Crippen LogP contribution in [0.1, 0.15) is 36.0 Å². The van der Waals surface area contributed by atoms with Crippen molar-refractivity contribution in [2.45, 2.75) is 48.7 Å². The number of aromatic nitrogens is 1. The Labute approximate surface area is 274 Å². The number of pyridine rings is 1. The molecule has 0 aliphatic carbocycles. The Bertz CT molecular complexity index is 1740. The number of nitrogens with one attached hydrogen (secondary N) is 2. The molecule has 4 N–H and O–H groups in total. The fourth-order valence-electron chi connectivity index (χ4n) is 5.96. The van der Waals surface area contributed by atoms with Crippen molar-refractivity contribution >= 4 is 33.2 Å². The summed E-state index contributed by atoms with van der Waals surface area (Å²) in [5.41, 5.74) is 8.60. The lowest BCUT2D eigenvalue weighted by atomic mass is 9.85. The molecule has 5 rings (SSSR count). The van der Waals surface area contributed by atoms with Gasteiger partial charge in [-0.15, -0.1) is 0 Å². The molecule has 0 spiro atoms. The molecule has 1 amide bonds. The summed E-state index contributed by atoms with van der Waals surface area (Å²) in [7, 11) is -2.28. The summed E-state index contributed by atoms with van der Waals surface area (Å²) in [6.07, 6.45) is 2.11. The maximum atomic E-state index is 15.4. The number of nitrogens with two attached hydrogens (primary N) is 1. The van der Waals surface area contributed by atoms with Crippen LogP contribution < -0.4 is 21.1 Å². The van der Waals surface area contributed by atoms with Gasteiger partial charge in [-0.2, -0.15) is 4.31 Å². The fourth-order valence-corrected chi connectivity index (χ4v) is 7.95. The predicted molar refractivity (Wildman–Crippen MR) is 177 cm³/mol. The highest BCUT2D eigenvalue weighted by atomic mass is 35.5. The summed E-state index contributed by atoms with van der Waals surface area (Å²) in [6, 6.07) is 21.5. The molecule has 12 heteroatoms. The van der Waals surface area contributed by atoms with Gasteiger partial charge in [-0.1, -0.05) is 54.1 Å². The topological polar surface area (TPSA) is 127 Å². The lowest BCUT2D eigenvalue weighted by Crippen LogP contribution is -2.58. The summed E-state index contributed by atoms with van der Waals surface area (Å²) >= 11 is 6.13. The summed E-state index contributed by atoms with van der Waals surface area (Å²) in [5.74, 6) is -1.21. The fraction of sp³-hybridized carbons (Fsp3) is 0.294. The number of benzene rings is 3. The molecule has 4 atom stereocenters. The van der Waals surface area contributed by atoms with Gasteiger partial charge in [0.1, 0.15) is 5.82 Å². The second kappa shape index (κ2) is 14.7. The van der Waals surface area contributed by atoms with Crippen LogP contribution >= 0.6 is 11.6 Å². The SMILES string of the molecule is COc1ccc([C@H](c2ccc(Cl)cc2)[C@H](N)C(=O)Nc2cccc(F)c2CC[C@H]2CNC[C@H](C)N2S(=O)(=O)c2ccccc2)cn1. The number of methoxy groups -OCH3 is 1. The van der Waals surface area contributed by atoms with Gasteiger partial charge in [-0.3, -0.25) is 4.79 Å². The number of sulfonamides is 1. The van der Waals surface area contributed by atoms with Gasteiger partial charge in [0.2, 0.25) is 21.8 Å². The monoisotopic (exact) mass is 665 g/mol. The number of ether oxygens (including phenoxy) is 1. The minimum Gasteiger partial charge on any atom is -0.481 e. The maximum absolute atomic E-state index is 15.4. The summed E-state index contributed by atoms with van der Waals surface area (Å²) < 4.78 is 49.4. The second-order valence-corrected chi connectivity index (χ2v) is 13.6. The first-order valence-electron chi connectivity index (χ1n) is 15.0. The highest BCUT2D eigenvalue weighted by Crippen LogP contribution is 2.31. The number of anilines is 1. The van der Waals surface area contributed by atoms with Gasteiger partial charge in [-0.05, 0) is 67.3 Å². The van der Waals surface area contributed by atoms with E-state index >= 15 is 4.39 Å². The number of piperazine rings is 1. The molecule has 4 aromatic rings. The standard InChI is InChI=1S/C34H37ClFN5O4S/c1-22-19-38-21-26(41(22)46(43,44)27-7-4-3-5-8-27)16-17-28-29(36)9-6-10-30(28)40-34(42)33(37)32(23-11-14-25(35)15-12-23)24-13-18-31(45-2)39-20-24/h3-15,18,20,22,26,32-33,38H,16-17,19,21,37H2,1-2H3,(H,40,42)/t22-,26-,32-,33-/m0/s1. The normalized spacial score (nSPS) is 18.5. The predicted octanol–water partition coefficient (Wildman–Crippen LogP) is 4.96. The average Bonchev–Trinajstić information content (AvgIpc) is 3.06. The Morgan fingerprint density at radius 2 is 1.78 bits per heavy atom. The summed E-state index contributed by atoms with van der Waals surface area (Å²) in [6.45, 7) is 2.77. The van der Waals surface area contributed by atoms with Crippen LogP contribution in [0.15, 0.2) is 96.0 Å². The quantitative estimate of drug-likeness (QED) is 0.207. The minimum atomic E-state index is -3.79. The molecule has 46 heavy (non-hydrogen) atoms. The van der Waals surface area contributed by atoms with E-state index in [1.807, 2.05) is 6.92 Å². The third-order valence-corrected chi connectivity index (χ3v) is 10.6. The van der Waals surface area contributed by atoms with E-state index in [0.29, 0.717) is 36.0 Å². The zero-order chi connectivity index (χ0) is 32.8. The van der Waals surface area contributed by atoms with Crippen molar-refractivity contribution in [3.8, 4) is 5.88 Å². The van der Waals surface area contributed by atoms with Gasteiger partial charge in [-0.25, -0.2) is 17.8 Å². The van der Waals surface area contributed by atoms with Crippen molar-refractivity contribution < 1.29 is 22.3 Å². The third kappa shape index (κ3) is 7.40. The van der Waals surface area contributed by atoms with E-state index in [4.69, 9.17) is 22.1 Å². The first-order chi connectivity index (χ1) is 22.1. The molecular formula is C34H37ClFN5O4S. The first kappa shape index (κ1) is 33.5. The maximum Gasteiger partial charge on any atom is 0.243 e. The number of nitrogens with zero attached hydrogens (tertiary/aromatic N) is 2. The number of carbonyl (C=O) groups excluding carboxylic acids is 1. The van der Waals surface area contributed by atoms with E-state index in [1.54, 1.807) is 79.0 Å². The van der Waals surface area contributed by atoms with Gasteiger partial charge in [0.25, 0.3) is 0 Å². The van der Waals surface area contributed by atoms with Crippen LogP contribution in [-0.4, -0.2) is 61.9 Å². The zero-order valence-corrected chi connectivity index (χ0v) is 27.1. The van der Waals surface area contributed by atoms with Gasteiger partial charge >= 0.3 is 0 Å². The molecule has 0 radical (unpaired) electrons. The first-order valence-corrected chi connectivity index (χ1v) is 16.8. The largest absolute Gasteiger partial charge is 0.481 e. The molecule has 242 valence electrons. The number of hydrogen-bond donors (Lipinski definition) is 3. The Morgan fingerprint density at radius 1 is 1.07 bits per heavy atom. The van der Waals surface area contributed by atoms with Gasteiger partial charge in [0, 0.05) is 59.6 Å². The van der Waals surface area contributed by atoms with Crippen LogP contribution in [0, 0.1) is 5.82 Å². The third-order valence-electron chi connectivity index (χ3n) is 8.26. The van der Waals surface area contributed by atoms with E-state index in [2.05, 4.69) is 15.6 Å². The van der Waals surface area contributed by atoms with Crippen LogP contribution in [0.3, 0.4) is 0 Å². The minimum absolute atomic E-state index is 0.181. The second-order valence-electron chi connectivity index (χ2n) is 11.3. The van der Waals surface area contributed by atoms with E-state index in [1.165, 1.54) is 23.5 Å². The van der Waals surface area contributed by atoms with Crippen LogP contribution in [-0.2, 0) is 21.2 Å². The molecule has 1 saturated heterocycles. The summed E-state index contributed by atoms with van der Waals surface area (Å²) in [5, 5.41) is 6.68.